The van der Waals surface area contributed by atoms with E-state index in [1.165, 1.54) is 5.56 Å². The van der Waals surface area contributed by atoms with Crippen molar-refractivity contribution < 1.29 is 14.3 Å². The first-order valence-corrected chi connectivity index (χ1v) is 11.7. The number of carbonyl (C=O) groups is 1. The van der Waals surface area contributed by atoms with E-state index in [2.05, 4.69) is 22.8 Å². The van der Waals surface area contributed by atoms with Gasteiger partial charge in [0.25, 0.3) is 5.91 Å². The van der Waals surface area contributed by atoms with Crippen LogP contribution in [0.5, 0.6) is 11.5 Å². The summed E-state index contributed by atoms with van der Waals surface area (Å²) < 4.78 is 11.7. The third kappa shape index (κ3) is 7.42. The van der Waals surface area contributed by atoms with Crippen LogP contribution < -0.4 is 20.1 Å². The summed E-state index contributed by atoms with van der Waals surface area (Å²) >= 11 is 5.36. The van der Waals surface area contributed by atoms with Gasteiger partial charge in [0.05, 0.1) is 12.3 Å². The molecule has 0 aliphatic rings. The highest BCUT2D eigenvalue weighted by Gasteiger charge is 2.11. The average Bonchev–Trinajstić information content (AvgIpc) is 2.90. The summed E-state index contributed by atoms with van der Waals surface area (Å²) in [5, 5.41) is 5.96. The number of nitrogens with one attached hydrogen (secondary N) is 2. The standard InChI is InChI=1S/C29H26N2O3S/c32-28(24-15-17-25(18-16-24)33-20-19-22-9-3-1-4-10-22)31-29(35)30-26-13-7-8-14-27(26)34-21-23-11-5-2-6-12-23/h1-18H,19-21H2,(H2,30,31,32,35). The van der Waals surface area contributed by atoms with Crippen LogP contribution in [0.1, 0.15) is 21.5 Å². The molecule has 4 rings (SSSR count). The number of para-hydroxylation sites is 2. The van der Waals surface area contributed by atoms with Crippen molar-refractivity contribution in [2.75, 3.05) is 11.9 Å². The van der Waals surface area contributed by atoms with Crippen LogP contribution in [-0.2, 0) is 13.0 Å². The second kappa shape index (κ2) is 12.3. The largest absolute Gasteiger partial charge is 0.493 e. The number of thiocarbonyl (C=S) groups is 1. The molecule has 5 nitrogen and oxygen atoms in total. The molecule has 35 heavy (non-hydrogen) atoms. The van der Waals surface area contributed by atoms with Gasteiger partial charge in [0.15, 0.2) is 5.11 Å². The van der Waals surface area contributed by atoms with Crippen molar-refractivity contribution in [3.63, 3.8) is 0 Å². The fourth-order valence-corrected chi connectivity index (χ4v) is 3.60. The minimum absolute atomic E-state index is 0.189. The van der Waals surface area contributed by atoms with Crippen molar-refractivity contribution in [3.05, 3.63) is 126 Å². The smallest absolute Gasteiger partial charge is 0.257 e. The monoisotopic (exact) mass is 482 g/mol. The van der Waals surface area contributed by atoms with Crippen LogP contribution in [0.2, 0.25) is 0 Å². The molecule has 0 fully saturated rings. The Labute approximate surface area is 210 Å². The summed E-state index contributed by atoms with van der Waals surface area (Å²) in [5.74, 6) is 1.05. The molecular formula is C29H26N2O3S. The molecule has 6 heteroatoms. The van der Waals surface area contributed by atoms with Crippen molar-refractivity contribution >= 4 is 28.9 Å². The van der Waals surface area contributed by atoms with Gasteiger partial charge in [0.1, 0.15) is 18.1 Å². The summed E-state index contributed by atoms with van der Waals surface area (Å²) in [6.45, 7) is 0.994. The SMILES string of the molecule is O=C(NC(=S)Nc1ccccc1OCc1ccccc1)c1ccc(OCCc2ccccc2)cc1. The number of benzene rings is 4. The molecule has 0 heterocycles. The van der Waals surface area contributed by atoms with Crippen LogP contribution in [0.4, 0.5) is 5.69 Å². The van der Waals surface area contributed by atoms with Gasteiger partial charge in [-0.05, 0) is 59.7 Å². The van der Waals surface area contributed by atoms with E-state index >= 15 is 0 Å². The topological polar surface area (TPSA) is 59.6 Å². The number of rotatable bonds is 9. The maximum atomic E-state index is 12.6. The molecule has 2 N–H and O–H groups in total. The van der Waals surface area contributed by atoms with Crippen molar-refractivity contribution in [3.8, 4) is 11.5 Å². The van der Waals surface area contributed by atoms with Crippen LogP contribution in [0.3, 0.4) is 0 Å². The molecule has 0 aliphatic heterocycles. The van der Waals surface area contributed by atoms with Gasteiger partial charge in [0, 0.05) is 12.0 Å². The quantitative estimate of drug-likeness (QED) is 0.286. The molecule has 1 amide bonds. The van der Waals surface area contributed by atoms with E-state index in [1.807, 2.05) is 72.8 Å². The lowest BCUT2D eigenvalue weighted by atomic mass is 10.2. The molecule has 0 atom stereocenters. The normalized spacial score (nSPS) is 10.3. The second-order valence-corrected chi connectivity index (χ2v) is 8.20. The summed E-state index contributed by atoms with van der Waals surface area (Å²) in [6.07, 6.45) is 0.819. The molecule has 0 unspecified atom stereocenters. The molecule has 0 aromatic heterocycles. The third-order valence-electron chi connectivity index (χ3n) is 5.22. The van der Waals surface area contributed by atoms with Crippen LogP contribution >= 0.6 is 12.2 Å². The first-order chi connectivity index (χ1) is 17.2. The highest BCUT2D eigenvalue weighted by molar-refractivity contribution is 7.80. The molecule has 0 saturated carbocycles. The second-order valence-electron chi connectivity index (χ2n) is 7.79. The Balaban J connectivity index is 1.27. The van der Waals surface area contributed by atoms with Crippen LogP contribution in [-0.4, -0.2) is 17.6 Å². The summed E-state index contributed by atoms with van der Waals surface area (Å²) in [4.78, 5) is 12.6. The summed E-state index contributed by atoms with van der Waals surface area (Å²) in [6, 6.07) is 34.5. The minimum Gasteiger partial charge on any atom is -0.493 e. The molecule has 4 aromatic carbocycles. The van der Waals surface area contributed by atoms with E-state index in [4.69, 9.17) is 21.7 Å². The Morgan fingerprint density at radius 1 is 0.714 bits per heavy atom. The van der Waals surface area contributed by atoms with Gasteiger partial charge in [-0.3, -0.25) is 10.1 Å². The van der Waals surface area contributed by atoms with E-state index in [0.717, 1.165) is 12.0 Å². The average molecular weight is 483 g/mol. The van der Waals surface area contributed by atoms with E-state index in [1.54, 1.807) is 24.3 Å². The molecule has 0 bridgehead atoms. The van der Waals surface area contributed by atoms with Gasteiger partial charge in [-0.15, -0.1) is 0 Å². The van der Waals surface area contributed by atoms with Gasteiger partial charge in [-0.25, -0.2) is 0 Å². The maximum absolute atomic E-state index is 12.6. The van der Waals surface area contributed by atoms with Gasteiger partial charge >= 0.3 is 0 Å². The lowest BCUT2D eigenvalue weighted by Crippen LogP contribution is -2.34. The number of carbonyl (C=O) groups excluding carboxylic acids is 1. The minimum atomic E-state index is -0.305. The summed E-state index contributed by atoms with van der Waals surface area (Å²) in [5.41, 5.74) is 3.44. The lowest BCUT2D eigenvalue weighted by Gasteiger charge is -2.14. The fraction of sp³-hybridized carbons (Fsp3) is 0.103. The molecular weight excluding hydrogens is 456 g/mol. The van der Waals surface area contributed by atoms with Gasteiger partial charge in [-0.2, -0.15) is 0 Å². The van der Waals surface area contributed by atoms with Crippen LogP contribution in [0, 0.1) is 0 Å². The fourth-order valence-electron chi connectivity index (χ4n) is 3.39. The first kappa shape index (κ1) is 24.0. The zero-order valence-electron chi connectivity index (χ0n) is 19.1. The Kier molecular flexibility index (Phi) is 8.46. The van der Waals surface area contributed by atoms with Crippen molar-refractivity contribution in [1.82, 2.24) is 5.32 Å². The zero-order valence-corrected chi connectivity index (χ0v) is 20.0. The molecule has 0 spiro atoms. The predicted octanol–water partition coefficient (Wildman–Crippen LogP) is 6.01. The number of anilines is 1. The lowest BCUT2D eigenvalue weighted by molar-refractivity contribution is 0.0977. The van der Waals surface area contributed by atoms with Crippen LogP contribution in [0.25, 0.3) is 0 Å². The predicted molar refractivity (Wildman–Crippen MR) is 143 cm³/mol. The van der Waals surface area contributed by atoms with Crippen LogP contribution in [0.15, 0.2) is 109 Å². The van der Waals surface area contributed by atoms with Gasteiger partial charge in [-0.1, -0.05) is 72.8 Å². The number of hydrogen-bond donors (Lipinski definition) is 2. The molecule has 0 saturated heterocycles. The Morgan fingerprint density at radius 3 is 2.06 bits per heavy atom. The molecule has 0 radical (unpaired) electrons. The van der Waals surface area contributed by atoms with Crippen molar-refractivity contribution in [2.24, 2.45) is 0 Å². The zero-order chi connectivity index (χ0) is 24.3. The Hall–Kier alpha value is -4.16. The van der Waals surface area contributed by atoms with E-state index in [-0.39, 0.29) is 11.0 Å². The van der Waals surface area contributed by atoms with E-state index in [0.29, 0.717) is 36.0 Å². The maximum Gasteiger partial charge on any atom is 0.257 e. The third-order valence-corrected chi connectivity index (χ3v) is 5.42. The number of hydrogen-bond acceptors (Lipinski definition) is 4. The van der Waals surface area contributed by atoms with E-state index in [9.17, 15) is 4.79 Å². The summed E-state index contributed by atoms with van der Waals surface area (Å²) in [7, 11) is 0. The number of amides is 1. The Morgan fingerprint density at radius 2 is 1.34 bits per heavy atom. The highest BCUT2D eigenvalue weighted by Crippen LogP contribution is 2.24. The molecule has 4 aromatic rings. The van der Waals surface area contributed by atoms with Gasteiger partial charge in [0.2, 0.25) is 0 Å². The highest BCUT2D eigenvalue weighted by atomic mass is 32.1. The van der Waals surface area contributed by atoms with E-state index < -0.39 is 0 Å². The molecule has 176 valence electrons. The first-order valence-electron chi connectivity index (χ1n) is 11.3. The Bertz CT molecular complexity index is 1250. The van der Waals surface area contributed by atoms with Crippen molar-refractivity contribution in [1.29, 1.82) is 0 Å². The molecule has 0 aliphatic carbocycles. The number of ether oxygens (including phenoxy) is 2. The van der Waals surface area contributed by atoms with Crippen molar-refractivity contribution in [2.45, 2.75) is 13.0 Å². The van der Waals surface area contributed by atoms with Gasteiger partial charge < -0.3 is 14.8 Å².